The van der Waals surface area contributed by atoms with E-state index in [-0.39, 0.29) is 0 Å². The van der Waals surface area contributed by atoms with E-state index >= 15 is 0 Å². The van der Waals surface area contributed by atoms with Gasteiger partial charge in [0.2, 0.25) is 0 Å². The van der Waals surface area contributed by atoms with Crippen LogP contribution in [0.3, 0.4) is 0 Å². The summed E-state index contributed by atoms with van der Waals surface area (Å²) in [5.41, 5.74) is 2.77. The van der Waals surface area contributed by atoms with E-state index in [0.717, 1.165) is 5.92 Å². The molecule has 0 saturated carbocycles. The topological polar surface area (TPSA) is 12.0 Å². The van der Waals surface area contributed by atoms with Gasteiger partial charge in [0.15, 0.2) is 0 Å². The maximum atomic E-state index is 3.44. The van der Waals surface area contributed by atoms with Crippen LogP contribution < -0.4 is 5.32 Å². The van der Waals surface area contributed by atoms with E-state index in [2.05, 4.69) is 57.4 Å². The Morgan fingerprint density at radius 3 is 2.38 bits per heavy atom. The van der Waals surface area contributed by atoms with E-state index < -0.39 is 0 Å². The number of hydrogen-bond donors (Lipinski definition) is 1. The molecule has 0 aromatic heterocycles. The smallest absolute Gasteiger partial charge is 0.0320 e. The molecule has 0 aliphatic heterocycles. The van der Waals surface area contributed by atoms with Gasteiger partial charge in [0.25, 0.3) is 0 Å². The molecule has 0 fully saturated rings. The molecule has 1 aromatic rings. The lowest BCUT2D eigenvalue weighted by Crippen LogP contribution is -2.19. The molecule has 1 unspecified atom stereocenters. The molecule has 1 N–H and O–H groups in total. The minimum Gasteiger partial charge on any atom is -0.313 e. The lowest BCUT2D eigenvalue weighted by Gasteiger charge is -2.22. The number of aryl methyl sites for hydroxylation is 1. The van der Waals surface area contributed by atoms with Gasteiger partial charge in [0.1, 0.15) is 0 Å². The number of nitrogens with one attached hydrogen (secondary N) is 1. The fraction of sp³-hybridized carbons (Fsp3) is 0.600. The zero-order chi connectivity index (χ0) is 12.0. The summed E-state index contributed by atoms with van der Waals surface area (Å²) in [5, 5.41) is 3.44. The van der Waals surface area contributed by atoms with Crippen molar-refractivity contribution < 1.29 is 0 Å². The summed E-state index contributed by atoms with van der Waals surface area (Å²) in [6, 6.07) is 9.35. The van der Waals surface area contributed by atoms with Gasteiger partial charge in [-0.3, -0.25) is 0 Å². The summed E-state index contributed by atoms with van der Waals surface area (Å²) in [5.74, 6) is 0.831. The summed E-state index contributed by atoms with van der Waals surface area (Å²) < 4.78 is 0. The molecule has 0 amide bonds. The van der Waals surface area contributed by atoms with Crippen LogP contribution in [0, 0.1) is 12.8 Å². The van der Waals surface area contributed by atoms with E-state index in [4.69, 9.17) is 0 Å². The van der Waals surface area contributed by atoms with Gasteiger partial charge >= 0.3 is 0 Å². The molecule has 0 spiro atoms. The average molecular weight is 219 g/mol. The molecule has 0 saturated heterocycles. The second-order valence-electron chi connectivity index (χ2n) is 4.67. The second kappa shape index (κ2) is 6.70. The molecule has 0 aliphatic carbocycles. The molecule has 90 valence electrons. The fourth-order valence-electron chi connectivity index (χ4n) is 2.26. The number of rotatable bonds is 6. The molecular weight excluding hydrogens is 194 g/mol. The predicted molar refractivity (Wildman–Crippen MR) is 71.7 cm³/mol. The van der Waals surface area contributed by atoms with E-state index in [1.807, 2.05) is 0 Å². The van der Waals surface area contributed by atoms with E-state index in [0.29, 0.717) is 6.04 Å². The fourth-order valence-corrected chi connectivity index (χ4v) is 2.26. The van der Waals surface area contributed by atoms with Crippen molar-refractivity contribution in [1.29, 1.82) is 0 Å². The highest BCUT2D eigenvalue weighted by atomic mass is 14.9. The highest BCUT2D eigenvalue weighted by molar-refractivity contribution is 5.25. The Labute approximate surface area is 100 Å². The van der Waals surface area contributed by atoms with Crippen molar-refractivity contribution in [2.45, 2.75) is 46.1 Å². The third kappa shape index (κ3) is 3.64. The summed E-state index contributed by atoms with van der Waals surface area (Å²) in [6.07, 6.45) is 3.80. The quantitative estimate of drug-likeness (QED) is 0.760. The van der Waals surface area contributed by atoms with Crippen molar-refractivity contribution in [3.8, 4) is 0 Å². The van der Waals surface area contributed by atoms with Crippen LogP contribution in [0.25, 0.3) is 0 Å². The molecular formula is C15H25N. The highest BCUT2D eigenvalue weighted by Gasteiger charge is 2.14. The third-order valence-corrected chi connectivity index (χ3v) is 3.52. The lowest BCUT2D eigenvalue weighted by molar-refractivity contribution is 0.385. The lowest BCUT2D eigenvalue weighted by atomic mass is 9.91. The summed E-state index contributed by atoms with van der Waals surface area (Å²) >= 11 is 0. The first kappa shape index (κ1) is 13.2. The monoisotopic (exact) mass is 219 g/mol. The SMILES string of the molecule is CCC(CC)CC(NC)c1cccc(C)c1. The molecule has 1 heteroatoms. The first-order valence-electron chi connectivity index (χ1n) is 6.45. The molecule has 16 heavy (non-hydrogen) atoms. The Morgan fingerprint density at radius 1 is 1.19 bits per heavy atom. The Hall–Kier alpha value is -0.820. The standard InChI is InChI=1S/C15H25N/c1-5-13(6-2)11-15(16-4)14-9-7-8-12(3)10-14/h7-10,13,15-16H,5-6,11H2,1-4H3. The molecule has 1 atom stereocenters. The Kier molecular flexibility index (Phi) is 5.54. The Balaban J connectivity index is 2.74. The third-order valence-electron chi connectivity index (χ3n) is 3.52. The second-order valence-corrected chi connectivity index (χ2v) is 4.67. The van der Waals surface area contributed by atoms with Gasteiger partial charge in [0, 0.05) is 6.04 Å². The van der Waals surface area contributed by atoms with Gasteiger partial charge in [-0.05, 0) is 31.9 Å². The molecule has 0 bridgehead atoms. The van der Waals surface area contributed by atoms with Crippen molar-refractivity contribution >= 4 is 0 Å². The van der Waals surface area contributed by atoms with Crippen molar-refractivity contribution in [1.82, 2.24) is 5.32 Å². The van der Waals surface area contributed by atoms with Crippen LogP contribution in [-0.4, -0.2) is 7.05 Å². The molecule has 0 radical (unpaired) electrons. The van der Waals surface area contributed by atoms with Gasteiger partial charge in [-0.2, -0.15) is 0 Å². The predicted octanol–water partition coefficient (Wildman–Crippen LogP) is 4.08. The number of benzene rings is 1. The van der Waals surface area contributed by atoms with Gasteiger partial charge in [0.05, 0.1) is 0 Å². The van der Waals surface area contributed by atoms with Gasteiger partial charge in [-0.15, -0.1) is 0 Å². The van der Waals surface area contributed by atoms with E-state index in [9.17, 15) is 0 Å². The Morgan fingerprint density at radius 2 is 1.88 bits per heavy atom. The maximum absolute atomic E-state index is 3.44. The maximum Gasteiger partial charge on any atom is 0.0320 e. The number of hydrogen-bond acceptors (Lipinski definition) is 1. The Bertz CT molecular complexity index is 302. The molecule has 0 heterocycles. The minimum atomic E-state index is 0.504. The summed E-state index contributed by atoms with van der Waals surface area (Å²) in [4.78, 5) is 0. The molecule has 1 nitrogen and oxygen atoms in total. The van der Waals surface area contributed by atoms with Gasteiger partial charge in [-0.25, -0.2) is 0 Å². The van der Waals surface area contributed by atoms with Gasteiger partial charge < -0.3 is 5.32 Å². The van der Waals surface area contributed by atoms with Crippen molar-refractivity contribution in [2.24, 2.45) is 5.92 Å². The van der Waals surface area contributed by atoms with Crippen LogP contribution >= 0.6 is 0 Å². The van der Waals surface area contributed by atoms with Crippen LogP contribution in [0.2, 0.25) is 0 Å². The van der Waals surface area contributed by atoms with E-state index in [1.54, 1.807) is 0 Å². The van der Waals surface area contributed by atoms with Crippen LogP contribution in [0.1, 0.15) is 50.3 Å². The van der Waals surface area contributed by atoms with Crippen molar-refractivity contribution in [3.05, 3.63) is 35.4 Å². The van der Waals surface area contributed by atoms with Crippen LogP contribution in [-0.2, 0) is 0 Å². The van der Waals surface area contributed by atoms with Crippen molar-refractivity contribution in [2.75, 3.05) is 7.05 Å². The molecule has 0 aliphatic rings. The molecule has 1 rings (SSSR count). The zero-order valence-electron chi connectivity index (χ0n) is 11.1. The molecule has 1 aromatic carbocycles. The zero-order valence-corrected chi connectivity index (χ0v) is 11.1. The first-order valence-corrected chi connectivity index (χ1v) is 6.45. The summed E-state index contributed by atoms with van der Waals surface area (Å²) in [6.45, 7) is 6.74. The van der Waals surface area contributed by atoms with Crippen molar-refractivity contribution in [3.63, 3.8) is 0 Å². The van der Waals surface area contributed by atoms with Crippen LogP contribution in [0.5, 0.6) is 0 Å². The normalized spacial score (nSPS) is 13.1. The average Bonchev–Trinajstić information content (AvgIpc) is 2.31. The minimum absolute atomic E-state index is 0.504. The largest absolute Gasteiger partial charge is 0.313 e. The van der Waals surface area contributed by atoms with Crippen LogP contribution in [0.15, 0.2) is 24.3 Å². The van der Waals surface area contributed by atoms with Gasteiger partial charge in [-0.1, -0.05) is 56.5 Å². The van der Waals surface area contributed by atoms with Crippen LogP contribution in [0.4, 0.5) is 0 Å². The highest BCUT2D eigenvalue weighted by Crippen LogP contribution is 2.25. The first-order chi connectivity index (χ1) is 7.71. The summed E-state index contributed by atoms with van der Waals surface area (Å²) in [7, 11) is 2.06. The van der Waals surface area contributed by atoms with E-state index in [1.165, 1.54) is 30.4 Å².